The molecule has 0 amide bonds. The molecule has 1 aromatic heterocycles. The number of hydrogen-bond acceptors (Lipinski definition) is 4. The molecule has 0 aliphatic heterocycles. The molecule has 0 unspecified atom stereocenters. The minimum atomic E-state index is -3.23. The summed E-state index contributed by atoms with van der Waals surface area (Å²) in [5, 5.41) is 0.555. The van der Waals surface area contributed by atoms with Gasteiger partial charge in [-0.25, -0.2) is 13.4 Å². The van der Waals surface area contributed by atoms with E-state index >= 15 is 0 Å². The normalized spacial score (nSPS) is 11.6. The molecular weight excluding hydrogens is 418 g/mol. The Labute approximate surface area is 181 Å². The Hall–Kier alpha value is -2.89. The van der Waals surface area contributed by atoms with Gasteiger partial charge in [-0.3, -0.25) is 0 Å². The highest BCUT2D eigenvalue weighted by atomic mass is 35.5. The molecule has 4 aromatic rings. The lowest BCUT2D eigenvalue weighted by atomic mass is 9.99. The maximum atomic E-state index is 11.7. The van der Waals surface area contributed by atoms with Gasteiger partial charge in [0.25, 0.3) is 0 Å². The molecule has 30 heavy (non-hydrogen) atoms. The predicted molar refractivity (Wildman–Crippen MR) is 119 cm³/mol. The summed E-state index contributed by atoms with van der Waals surface area (Å²) < 4.78 is 29.3. The molecule has 1 heterocycles. The van der Waals surface area contributed by atoms with E-state index in [1.807, 2.05) is 49.4 Å². The first-order chi connectivity index (χ1) is 14.3. The maximum Gasteiger partial charge on any atom is 0.199 e. The number of rotatable bonds is 5. The van der Waals surface area contributed by atoms with Gasteiger partial charge in [0.1, 0.15) is 0 Å². The van der Waals surface area contributed by atoms with Gasteiger partial charge in [-0.2, -0.15) is 0 Å². The summed E-state index contributed by atoms with van der Waals surface area (Å²) in [7, 11) is -3.23. The van der Waals surface area contributed by atoms with Gasteiger partial charge in [0.05, 0.1) is 16.1 Å². The Kier molecular flexibility index (Phi) is 5.50. The SMILES string of the molecule is Cc1cc(-c2ccc(S(C)(=O)=O)cc2)cc(Cl)c1-c1cnc(Cc2ccccc2)o1. The Morgan fingerprint density at radius 2 is 1.67 bits per heavy atom. The van der Waals surface area contributed by atoms with Crippen LogP contribution in [0, 0.1) is 6.92 Å². The summed E-state index contributed by atoms with van der Waals surface area (Å²) in [6, 6.07) is 20.7. The molecule has 0 aliphatic carbocycles. The number of hydrogen-bond donors (Lipinski definition) is 0. The molecule has 0 atom stereocenters. The average molecular weight is 438 g/mol. The van der Waals surface area contributed by atoms with Crippen molar-refractivity contribution in [2.24, 2.45) is 0 Å². The van der Waals surface area contributed by atoms with E-state index in [9.17, 15) is 8.42 Å². The van der Waals surface area contributed by atoms with Crippen LogP contribution in [0.1, 0.15) is 17.0 Å². The fraction of sp³-hybridized carbons (Fsp3) is 0.125. The third-order valence-corrected chi connectivity index (χ3v) is 6.33. The van der Waals surface area contributed by atoms with E-state index in [1.165, 1.54) is 6.26 Å². The minimum absolute atomic E-state index is 0.290. The summed E-state index contributed by atoms with van der Waals surface area (Å²) in [4.78, 5) is 4.69. The number of aromatic nitrogens is 1. The first-order valence-corrected chi connectivity index (χ1v) is 11.7. The van der Waals surface area contributed by atoms with E-state index in [2.05, 4.69) is 4.98 Å². The monoisotopic (exact) mass is 437 g/mol. The first kappa shape index (κ1) is 20.4. The predicted octanol–water partition coefficient (Wildman–Crippen LogP) is 5.96. The Morgan fingerprint density at radius 3 is 2.30 bits per heavy atom. The first-order valence-electron chi connectivity index (χ1n) is 9.41. The van der Waals surface area contributed by atoms with Gasteiger partial charge in [0.15, 0.2) is 21.5 Å². The quantitative estimate of drug-likeness (QED) is 0.386. The summed E-state index contributed by atoms with van der Waals surface area (Å²) in [5.74, 6) is 1.26. The second kappa shape index (κ2) is 8.09. The van der Waals surface area contributed by atoms with Crippen LogP contribution in [0.5, 0.6) is 0 Å². The van der Waals surface area contributed by atoms with Crippen molar-refractivity contribution in [3.05, 3.63) is 95.0 Å². The molecule has 0 saturated heterocycles. The van der Waals surface area contributed by atoms with Gasteiger partial charge in [0.2, 0.25) is 0 Å². The summed E-state index contributed by atoms with van der Waals surface area (Å²) in [6.07, 6.45) is 3.51. The van der Waals surface area contributed by atoms with Crippen LogP contribution < -0.4 is 0 Å². The van der Waals surface area contributed by atoms with Gasteiger partial charge in [-0.1, -0.05) is 60.1 Å². The van der Waals surface area contributed by atoms with E-state index in [-0.39, 0.29) is 0 Å². The topological polar surface area (TPSA) is 60.2 Å². The standard InChI is InChI=1S/C24H20ClNO3S/c1-16-12-19(18-8-10-20(11-9-18)30(2,27)28)14-21(25)24(16)22-15-26-23(29-22)13-17-6-4-3-5-7-17/h3-12,14-15H,13H2,1-2H3. The molecule has 152 valence electrons. The summed E-state index contributed by atoms with van der Waals surface area (Å²) in [6.45, 7) is 1.97. The van der Waals surface area contributed by atoms with Crippen LogP contribution >= 0.6 is 11.6 Å². The number of sulfone groups is 1. The molecular formula is C24H20ClNO3S. The Bertz CT molecular complexity index is 1270. The van der Waals surface area contributed by atoms with Crippen molar-refractivity contribution in [2.45, 2.75) is 18.2 Å². The van der Waals surface area contributed by atoms with Crippen LogP contribution in [-0.2, 0) is 16.3 Å². The lowest BCUT2D eigenvalue weighted by Crippen LogP contribution is -1.96. The van der Waals surface area contributed by atoms with Crippen molar-refractivity contribution in [1.82, 2.24) is 4.98 Å². The highest BCUT2D eigenvalue weighted by Crippen LogP contribution is 2.36. The third-order valence-electron chi connectivity index (χ3n) is 4.90. The fourth-order valence-corrected chi connectivity index (χ4v) is 4.39. The third kappa shape index (κ3) is 4.32. The maximum absolute atomic E-state index is 11.7. The van der Waals surface area contributed by atoms with E-state index in [1.54, 1.807) is 30.5 Å². The largest absolute Gasteiger partial charge is 0.440 e. The zero-order valence-electron chi connectivity index (χ0n) is 16.6. The average Bonchev–Trinajstić information content (AvgIpc) is 3.15. The molecule has 3 aromatic carbocycles. The van der Waals surface area contributed by atoms with Crippen LogP contribution in [-0.4, -0.2) is 19.7 Å². The number of aryl methyl sites for hydroxylation is 1. The molecule has 4 nitrogen and oxygen atoms in total. The summed E-state index contributed by atoms with van der Waals surface area (Å²) in [5.41, 5.74) is 4.68. The number of oxazole rings is 1. The van der Waals surface area contributed by atoms with E-state index in [0.29, 0.717) is 28.0 Å². The molecule has 0 saturated carbocycles. The van der Waals surface area contributed by atoms with Crippen molar-refractivity contribution in [1.29, 1.82) is 0 Å². The van der Waals surface area contributed by atoms with Crippen LogP contribution in [0.2, 0.25) is 5.02 Å². The Balaban J connectivity index is 1.64. The molecule has 6 heteroatoms. The zero-order valence-corrected chi connectivity index (χ0v) is 18.2. The van der Waals surface area contributed by atoms with Crippen molar-refractivity contribution in [3.8, 4) is 22.5 Å². The van der Waals surface area contributed by atoms with Crippen LogP contribution in [0.4, 0.5) is 0 Å². The molecule has 4 rings (SSSR count). The van der Waals surface area contributed by atoms with Gasteiger partial charge in [0, 0.05) is 18.2 Å². The van der Waals surface area contributed by atoms with Gasteiger partial charge >= 0.3 is 0 Å². The minimum Gasteiger partial charge on any atom is -0.440 e. The van der Waals surface area contributed by atoms with Gasteiger partial charge in [-0.05, 0) is 47.4 Å². The van der Waals surface area contributed by atoms with Crippen LogP contribution in [0.25, 0.3) is 22.5 Å². The molecule has 0 bridgehead atoms. The lowest BCUT2D eigenvalue weighted by molar-refractivity contribution is 0.519. The van der Waals surface area contributed by atoms with Crippen molar-refractivity contribution in [2.75, 3.05) is 6.26 Å². The van der Waals surface area contributed by atoms with E-state index in [0.717, 1.165) is 27.8 Å². The highest BCUT2D eigenvalue weighted by Gasteiger charge is 2.15. The van der Waals surface area contributed by atoms with E-state index < -0.39 is 9.84 Å². The molecule has 0 N–H and O–H groups in total. The number of halogens is 1. The van der Waals surface area contributed by atoms with Crippen molar-refractivity contribution < 1.29 is 12.8 Å². The second-order valence-corrected chi connectivity index (χ2v) is 9.65. The number of benzene rings is 3. The molecule has 0 radical (unpaired) electrons. The fourth-order valence-electron chi connectivity index (χ4n) is 3.40. The smallest absolute Gasteiger partial charge is 0.199 e. The zero-order chi connectivity index (χ0) is 21.3. The lowest BCUT2D eigenvalue weighted by Gasteiger charge is -2.10. The van der Waals surface area contributed by atoms with E-state index in [4.69, 9.17) is 16.0 Å². The second-order valence-electron chi connectivity index (χ2n) is 7.23. The molecule has 0 spiro atoms. The molecule has 0 fully saturated rings. The summed E-state index contributed by atoms with van der Waals surface area (Å²) >= 11 is 6.61. The van der Waals surface area contributed by atoms with Crippen LogP contribution in [0.15, 0.2) is 82.2 Å². The Morgan fingerprint density at radius 1 is 0.967 bits per heavy atom. The molecule has 0 aliphatic rings. The highest BCUT2D eigenvalue weighted by molar-refractivity contribution is 7.90. The van der Waals surface area contributed by atoms with Crippen molar-refractivity contribution in [3.63, 3.8) is 0 Å². The van der Waals surface area contributed by atoms with Gasteiger partial charge in [-0.15, -0.1) is 0 Å². The van der Waals surface area contributed by atoms with Crippen molar-refractivity contribution >= 4 is 21.4 Å². The van der Waals surface area contributed by atoms with Gasteiger partial charge < -0.3 is 4.42 Å². The van der Waals surface area contributed by atoms with Crippen LogP contribution in [0.3, 0.4) is 0 Å². The number of nitrogens with zero attached hydrogens (tertiary/aromatic N) is 1.